The molecule has 3 aromatic rings. The summed E-state index contributed by atoms with van der Waals surface area (Å²) in [5.41, 5.74) is 2.85. The summed E-state index contributed by atoms with van der Waals surface area (Å²) in [5, 5.41) is 5.77. The van der Waals surface area contributed by atoms with Crippen LogP contribution in [-0.2, 0) is 19.5 Å². The fourth-order valence-electron chi connectivity index (χ4n) is 3.49. The van der Waals surface area contributed by atoms with Crippen LogP contribution in [-0.4, -0.2) is 23.0 Å². The molecule has 1 aromatic carbocycles. The molecular weight excluding hydrogens is 330 g/mol. The van der Waals surface area contributed by atoms with Crippen LogP contribution in [0.3, 0.4) is 0 Å². The molecule has 0 amide bonds. The van der Waals surface area contributed by atoms with Crippen LogP contribution in [0, 0.1) is 6.92 Å². The Hall–Kier alpha value is -1.95. The Morgan fingerprint density at radius 2 is 2.16 bits per heavy atom. The second-order valence-electron chi connectivity index (χ2n) is 6.49. The van der Waals surface area contributed by atoms with E-state index in [4.69, 9.17) is 4.42 Å². The van der Waals surface area contributed by atoms with Gasteiger partial charge in [-0.2, -0.15) is 0 Å². The maximum atomic E-state index is 5.57. The van der Waals surface area contributed by atoms with Gasteiger partial charge in [-0.25, -0.2) is 4.98 Å². The van der Waals surface area contributed by atoms with E-state index in [1.54, 1.807) is 11.1 Å². The van der Waals surface area contributed by atoms with Crippen LogP contribution in [0.25, 0.3) is 0 Å². The van der Waals surface area contributed by atoms with Crippen molar-refractivity contribution in [2.75, 3.05) is 13.1 Å². The normalized spacial score (nSPS) is 15.9. The number of rotatable bonds is 6. The summed E-state index contributed by atoms with van der Waals surface area (Å²) in [6.45, 7) is 5.62. The zero-order chi connectivity index (χ0) is 17.1. The first kappa shape index (κ1) is 16.5. The molecule has 2 aromatic heterocycles. The van der Waals surface area contributed by atoms with Crippen molar-refractivity contribution in [3.05, 3.63) is 75.6 Å². The highest BCUT2D eigenvalue weighted by Gasteiger charge is 2.25. The summed E-state index contributed by atoms with van der Waals surface area (Å²) in [6, 6.07) is 13.4. The average Bonchev–Trinajstić information content (AvgIpc) is 3.27. The maximum Gasteiger partial charge on any atom is 0.191 e. The number of nitrogens with one attached hydrogen (secondary N) is 1. The van der Waals surface area contributed by atoms with Gasteiger partial charge in [0.1, 0.15) is 5.76 Å². The van der Waals surface area contributed by atoms with E-state index in [-0.39, 0.29) is 0 Å². The number of hydrogen-bond donors (Lipinski definition) is 1. The Balaban J connectivity index is 1.47. The molecule has 0 aliphatic carbocycles. The third-order valence-electron chi connectivity index (χ3n) is 4.77. The maximum absolute atomic E-state index is 5.57. The fraction of sp³-hybridized carbons (Fsp3) is 0.350. The van der Waals surface area contributed by atoms with Crippen LogP contribution >= 0.6 is 11.3 Å². The molecule has 0 radical (unpaired) electrons. The van der Waals surface area contributed by atoms with E-state index in [1.807, 2.05) is 18.3 Å². The minimum Gasteiger partial charge on any atom is -0.445 e. The molecule has 4 rings (SSSR count). The predicted octanol–water partition coefficient (Wildman–Crippen LogP) is 3.93. The van der Waals surface area contributed by atoms with Gasteiger partial charge in [-0.1, -0.05) is 30.3 Å². The van der Waals surface area contributed by atoms with E-state index in [2.05, 4.69) is 57.0 Å². The van der Waals surface area contributed by atoms with Gasteiger partial charge in [-0.15, -0.1) is 11.3 Å². The average molecular weight is 353 g/mol. The number of hydrogen-bond acceptors (Lipinski definition) is 5. The number of benzene rings is 1. The summed E-state index contributed by atoms with van der Waals surface area (Å²) < 4.78 is 5.57. The first-order valence-corrected chi connectivity index (χ1v) is 9.64. The second-order valence-corrected chi connectivity index (χ2v) is 7.49. The molecule has 4 nitrogen and oxygen atoms in total. The molecule has 1 aliphatic rings. The molecule has 0 saturated heterocycles. The van der Waals surface area contributed by atoms with Crippen molar-refractivity contribution in [1.29, 1.82) is 0 Å². The van der Waals surface area contributed by atoms with Crippen molar-refractivity contribution in [2.45, 2.75) is 32.5 Å². The topological polar surface area (TPSA) is 41.3 Å². The highest BCUT2D eigenvalue weighted by atomic mass is 32.1. The lowest BCUT2D eigenvalue weighted by molar-refractivity contribution is 0.175. The van der Waals surface area contributed by atoms with Crippen LogP contribution in [0.2, 0.25) is 0 Å². The molecule has 1 unspecified atom stereocenters. The number of aryl methyl sites for hydroxylation is 1. The lowest BCUT2D eigenvalue weighted by atomic mass is 10.0. The molecule has 0 spiro atoms. The van der Waals surface area contributed by atoms with Gasteiger partial charge >= 0.3 is 0 Å². The minimum absolute atomic E-state index is 0.360. The van der Waals surface area contributed by atoms with Crippen LogP contribution in [0.4, 0.5) is 0 Å². The highest BCUT2D eigenvalue weighted by Crippen LogP contribution is 2.30. The monoisotopic (exact) mass is 353 g/mol. The molecule has 3 heterocycles. The molecule has 130 valence electrons. The SMILES string of the molecule is Cc1ncc(CNCC(c2ccccc2)N2CCc3sccc3C2)o1. The van der Waals surface area contributed by atoms with E-state index in [9.17, 15) is 0 Å². The molecule has 5 heteroatoms. The molecule has 1 aliphatic heterocycles. The van der Waals surface area contributed by atoms with Gasteiger partial charge in [0.25, 0.3) is 0 Å². The van der Waals surface area contributed by atoms with Crippen molar-refractivity contribution in [3.8, 4) is 0 Å². The number of aromatic nitrogens is 1. The van der Waals surface area contributed by atoms with Crippen molar-refractivity contribution in [2.24, 2.45) is 0 Å². The molecule has 25 heavy (non-hydrogen) atoms. The summed E-state index contributed by atoms with van der Waals surface area (Å²) in [7, 11) is 0. The van der Waals surface area contributed by atoms with E-state index in [0.717, 1.165) is 37.7 Å². The quantitative estimate of drug-likeness (QED) is 0.729. The lowest BCUT2D eigenvalue weighted by Crippen LogP contribution is -2.38. The van der Waals surface area contributed by atoms with Crippen molar-refractivity contribution < 1.29 is 4.42 Å². The summed E-state index contributed by atoms with van der Waals surface area (Å²) >= 11 is 1.89. The van der Waals surface area contributed by atoms with Gasteiger partial charge in [0.2, 0.25) is 0 Å². The van der Waals surface area contributed by atoms with E-state index >= 15 is 0 Å². The van der Waals surface area contributed by atoms with Crippen molar-refractivity contribution >= 4 is 11.3 Å². The van der Waals surface area contributed by atoms with Crippen LogP contribution in [0.1, 0.15) is 33.7 Å². The van der Waals surface area contributed by atoms with Crippen molar-refractivity contribution in [1.82, 2.24) is 15.2 Å². The second kappa shape index (κ2) is 7.52. The van der Waals surface area contributed by atoms with Gasteiger partial charge in [-0.05, 0) is 29.0 Å². The van der Waals surface area contributed by atoms with Gasteiger partial charge in [0, 0.05) is 37.5 Å². The lowest BCUT2D eigenvalue weighted by Gasteiger charge is -2.35. The molecule has 1 N–H and O–H groups in total. The predicted molar refractivity (Wildman–Crippen MR) is 101 cm³/mol. The van der Waals surface area contributed by atoms with Crippen LogP contribution in [0.15, 0.2) is 52.4 Å². The zero-order valence-corrected chi connectivity index (χ0v) is 15.3. The third kappa shape index (κ3) is 3.84. The standard InChI is InChI=1S/C20H23N3OS/c1-15-22-12-18(24-15)11-21-13-19(16-5-3-2-4-6-16)23-9-7-20-17(14-23)8-10-25-20/h2-6,8,10,12,19,21H,7,9,11,13-14H2,1H3. The fourth-order valence-corrected chi connectivity index (χ4v) is 4.38. The van der Waals surface area contributed by atoms with E-state index < -0.39 is 0 Å². The largest absolute Gasteiger partial charge is 0.445 e. The molecule has 1 atom stereocenters. The van der Waals surface area contributed by atoms with Crippen LogP contribution < -0.4 is 5.32 Å². The van der Waals surface area contributed by atoms with Crippen LogP contribution in [0.5, 0.6) is 0 Å². The molecule has 0 fully saturated rings. The Bertz CT molecular complexity index is 811. The molecule has 0 saturated carbocycles. The Kier molecular flexibility index (Phi) is 4.97. The van der Waals surface area contributed by atoms with E-state index in [1.165, 1.54) is 11.1 Å². The Labute approximate surface area is 152 Å². The van der Waals surface area contributed by atoms with Gasteiger partial charge in [-0.3, -0.25) is 4.90 Å². The number of fused-ring (bicyclic) bond motifs is 1. The molecular formula is C20H23N3OS. The third-order valence-corrected chi connectivity index (χ3v) is 5.79. The Morgan fingerprint density at radius 1 is 1.28 bits per heavy atom. The van der Waals surface area contributed by atoms with Gasteiger partial charge < -0.3 is 9.73 Å². The first-order valence-electron chi connectivity index (χ1n) is 8.76. The van der Waals surface area contributed by atoms with Gasteiger partial charge in [0.15, 0.2) is 5.89 Å². The van der Waals surface area contributed by atoms with E-state index in [0.29, 0.717) is 12.6 Å². The smallest absolute Gasteiger partial charge is 0.191 e. The first-order chi connectivity index (χ1) is 12.3. The summed E-state index contributed by atoms with van der Waals surface area (Å²) in [6.07, 6.45) is 2.95. The zero-order valence-electron chi connectivity index (χ0n) is 14.4. The van der Waals surface area contributed by atoms with Gasteiger partial charge in [0.05, 0.1) is 12.7 Å². The highest BCUT2D eigenvalue weighted by molar-refractivity contribution is 7.10. The van der Waals surface area contributed by atoms with Crippen molar-refractivity contribution in [3.63, 3.8) is 0 Å². The number of oxazole rings is 1. The minimum atomic E-state index is 0.360. The summed E-state index contributed by atoms with van der Waals surface area (Å²) in [4.78, 5) is 8.30. The summed E-state index contributed by atoms with van der Waals surface area (Å²) in [5.74, 6) is 1.61. The molecule has 0 bridgehead atoms. The Morgan fingerprint density at radius 3 is 2.96 bits per heavy atom. The number of thiophene rings is 1. The number of nitrogens with zero attached hydrogens (tertiary/aromatic N) is 2.